The second kappa shape index (κ2) is 4.95. The van der Waals surface area contributed by atoms with E-state index in [1.165, 1.54) is 0 Å². The van der Waals surface area contributed by atoms with E-state index in [1.807, 2.05) is 4.90 Å². The molecule has 3 rings (SSSR count). The second-order valence-corrected chi connectivity index (χ2v) is 5.01. The Morgan fingerprint density at radius 2 is 2.26 bits per heavy atom. The molecule has 0 bridgehead atoms. The molecule has 1 atom stereocenters. The topological polar surface area (TPSA) is 74.6 Å². The smallest absolute Gasteiger partial charge is 0.315 e. The van der Waals surface area contributed by atoms with Crippen LogP contribution in [0.4, 0.5) is 4.79 Å². The van der Waals surface area contributed by atoms with Crippen LogP contribution in [0.1, 0.15) is 25.0 Å². The zero-order valence-corrected chi connectivity index (χ0v) is 10.6. The predicted octanol–water partition coefficient (Wildman–Crippen LogP) is 0.842. The van der Waals surface area contributed by atoms with Crippen molar-refractivity contribution in [1.82, 2.24) is 15.5 Å². The summed E-state index contributed by atoms with van der Waals surface area (Å²) in [5, 5.41) is 5.40. The van der Waals surface area contributed by atoms with Crippen molar-refractivity contribution in [1.29, 1.82) is 0 Å². The minimum Gasteiger partial charge on any atom is -0.467 e. The quantitative estimate of drug-likeness (QED) is 0.845. The summed E-state index contributed by atoms with van der Waals surface area (Å²) in [6.45, 7) is 1.08. The summed E-state index contributed by atoms with van der Waals surface area (Å²) in [7, 11) is 0. The summed E-state index contributed by atoms with van der Waals surface area (Å²) in [4.78, 5) is 25.6. The van der Waals surface area contributed by atoms with Gasteiger partial charge in [-0.15, -0.1) is 0 Å². The van der Waals surface area contributed by atoms with Crippen molar-refractivity contribution in [2.24, 2.45) is 0 Å². The molecule has 2 heterocycles. The third-order valence-electron chi connectivity index (χ3n) is 3.54. The average molecular weight is 263 g/mol. The maximum Gasteiger partial charge on any atom is 0.315 e. The number of likely N-dealkylation sites (tertiary alicyclic amines) is 1. The fourth-order valence-electron chi connectivity index (χ4n) is 2.37. The van der Waals surface area contributed by atoms with E-state index in [-0.39, 0.29) is 18.0 Å². The van der Waals surface area contributed by atoms with Gasteiger partial charge < -0.3 is 20.0 Å². The zero-order valence-electron chi connectivity index (χ0n) is 10.6. The molecular weight excluding hydrogens is 246 g/mol. The van der Waals surface area contributed by atoms with Crippen molar-refractivity contribution in [2.45, 2.75) is 37.9 Å². The van der Waals surface area contributed by atoms with Crippen molar-refractivity contribution < 1.29 is 14.0 Å². The highest BCUT2D eigenvalue weighted by atomic mass is 16.3. The summed E-state index contributed by atoms with van der Waals surface area (Å²) >= 11 is 0. The Labute approximate surface area is 111 Å². The van der Waals surface area contributed by atoms with E-state index in [9.17, 15) is 9.59 Å². The van der Waals surface area contributed by atoms with Crippen molar-refractivity contribution in [3.8, 4) is 0 Å². The molecule has 2 fully saturated rings. The summed E-state index contributed by atoms with van der Waals surface area (Å²) in [5.74, 6) is 0.739. The highest BCUT2D eigenvalue weighted by Crippen LogP contribution is 2.30. The Morgan fingerprint density at radius 3 is 2.95 bits per heavy atom. The van der Waals surface area contributed by atoms with E-state index in [0.29, 0.717) is 24.8 Å². The van der Waals surface area contributed by atoms with Crippen LogP contribution in [0.25, 0.3) is 0 Å². The van der Waals surface area contributed by atoms with Crippen LogP contribution < -0.4 is 10.6 Å². The van der Waals surface area contributed by atoms with E-state index in [1.54, 1.807) is 18.4 Å². The Kier molecular flexibility index (Phi) is 3.15. The number of rotatable bonds is 4. The van der Waals surface area contributed by atoms with Gasteiger partial charge in [0.1, 0.15) is 11.8 Å². The van der Waals surface area contributed by atoms with E-state index < -0.39 is 0 Å². The molecule has 1 saturated carbocycles. The lowest BCUT2D eigenvalue weighted by Gasteiger charge is -2.16. The normalized spacial score (nSPS) is 22.6. The molecule has 1 aliphatic carbocycles. The van der Waals surface area contributed by atoms with Gasteiger partial charge in [0, 0.05) is 12.6 Å². The number of urea groups is 1. The lowest BCUT2D eigenvalue weighted by atomic mass is 10.2. The number of furan rings is 1. The molecule has 102 valence electrons. The average Bonchev–Trinajstić information content (AvgIpc) is 2.98. The fraction of sp³-hybridized carbons (Fsp3) is 0.538. The van der Waals surface area contributed by atoms with Gasteiger partial charge in [0.05, 0.1) is 12.8 Å². The van der Waals surface area contributed by atoms with Crippen LogP contribution in [0, 0.1) is 0 Å². The molecule has 1 aromatic heterocycles. The van der Waals surface area contributed by atoms with Crippen molar-refractivity contribution in [3.05, 3.63) is 24.2 Å². The third-order valence-corrected chi connectivity index (χ3v) is 3.54. The van der Waals surface area contributed by atoms with E-state index >= 15 is 0 Å². The van der Waals surface area contributed by atoms with Gasteiger partial charge in [-0.3, -0.25) is 4.79 Å². The maximum absolute atomic E-state index is 12.0. The zero-order chi connectivity index (χ0) is 13.2. The Bertz CT molecular complexity index is 467. The van der Waals surface area contributed by atoms with Crippen molar-refractivity contribution in [2.75, 3.05) is 6.54 Å². The molecule has 2 N–H and O–H groups in total. The van der Waals surface area contributed by atoms with E-state index in [4.69, 9.17) is 4.42 Å². The fourth-order valence-corrected chi connectivity index (χ4v) is 2.37. The van der Waals surface area contributed by atoms with Gasteiger partial charge in [-0.2, -0.15) is 0 Å². The van der Waals surface area contributed by atoms with E-state index in [2.05, 4.69) is 10.6 Å². The highest BCUT2D eigenvalue weighted by molar-refractivity contribution is 5.89. The molecule has 6 nitrogen and oxygen atoms in total. The first-order valence-electron chi connectivity index (χ1n) is 6.61. The number of amides is 3. The molecule has 1 aromatic rings. The van der Waals surface area contributed by atoms with Crippen LogP contribution in [-0.2, 0) is 11.3 Å². The largest absolute Gasteiger partial charge is 0.467 e. The minimum atomic E-state index is -0.378. The molecule has 0 radical (unpaired) electrons. The molecule has 2 aliphatic rings. The van der Waals surface area contributed by atoms with Gasteiger partial charge in [0.25, 0.3) is 0 Å². The number of carbonyl (C=O) groups excluding carboxylic acids is 2. The molecule has 3 amide bonds. The third kappa shape index (κ3) is 2.72. The SMILES string of the molecule is O=C(NCc1ccco1)NC1CCN(C2CC2)C1=O. The molecule has 19 heavy (non-hydrogen) atoms. The molecule has 0 spiro atoms. The summed E-state index contributed by atoms with van der Waals surface area (Å²) in [5.41, 5.74) is 0. The first-order chi connectivity index (χ1) is 9.24. The molecule has 1 aliphatic heterocycles. The van der Waals surface area contributed by atoms with Crippen LogP contribution in [0.15, 0.2) is 22.8 Å². The minimum absolute atomic E-state index is 0.0515. The molecule has 6 heteroatoms. The van der Waals surface area contributed by atoms with Crippen LogP contribution >= 0.6 is 0 Å². The first-order valence-corrected chi connectivity index (χ1v) is 6.61. The van der Waals surface area contributed by atoms with Gasteiger partial charge in [-0.1, -0.05) is 0 Å². The van der Waals surface area contributed by atoms with Gasteiger partial charge in [-0.25, -0.2) is 4.79 Å². The molecule has 0 aromatic carbocycles. The number of carbonyl (C=O) groups is 2. The monoisotopic (exact) mass is 263 g/mol. The van der Waals surface area contributed by atoms with Crippen LogP contribution in [0.5, 0.6) is 0 Å². The molecule has 1 unspecified atom stereocenters. The van der Waals surface area contributed by atoms with Gasteiger partial charge in [0.2, 0.25) is 5.91 Å². The van der Waals surface area contributed by atoms with Crippen LogP contribution in [0.2, 0.25) is 0 Å². The number of hydrogen-bond donors (Lipinski definition) is 2. The molecular formula is C13H17N3O3. The van der Waals surface area contributed by atoms with Gasteiger partial charge in [0.15, 0.2) is 0 Å². The second-order valence-electron chi connectivity index (χ2n) is 5.01. The van der Waals surface area contributed by atoms with Crippen molar-refractivity contribution >= 4 is 11.9 Å². The van der Waals surface area contributed by atoms with E-state index in [0.717, 1.165) is 19.4 Å². The highest BCUT2D eigenvalue weighted by Gasteiger charge is 2.40. The Morgan fingerprint density at radius 1 is 1.42 bits per heavy atom. The summed E-state index contributed by atoms with van der Waals surface area (Å²) in [6.07, 6.45) is 4.46. The Balaban J connectivity index is 1.45. The van der Waals surface area contributed by atoms with Gasteiger partial charge in [-0.05, 0) is 31.4 Å². The van der Waals surface area contributed by atoms with Gasteiger partial charge >= 0.3 is 6.03 Å². The van der Waals surface area contributed by atoms with Crippen LogP contribution in [-0.4, -0.2) is 35.5 Å². The maximum atomic E-state index is 12.0. The van der Waals surface area contributed by atoms with Crippen molar-refractivity contribution in [3.63, 3.8) is 0 Å². The molecule has 1 saturated heterocycles. The Hall–Kier alpha value is -1.98. The summed E-state index contributed by atoms with van der Waals surface area (Å²) in [6, 6.07) is 3.27. The number of nitrogens with one attached hydrogen (secondary N) is 2. The first kappa shape index (κ1) is 12.1. The number of hydrogen-bond acceptors (Lipinski definition) is 3. The lowest BCUT2D eigenvalue weighted by Crippen LogP contribution is -2.46. The van der Waals surface area contributed by atoms with Crippen LogP contribution in [0.3, 0.4) is 0 Å². The number of nitrogens with zero attached hydrogens (tertiary/aromatic N) is 1. The summed E-state index contributed by atoms with van der Waals surface area (Å²) < 4.78 is 5.11. The predicted molar refractivity (Wildman–Crippen MR) is 67.2 cm³/mol. The lowest BCUT2D eigenvalue weighted by molar-refractivity contribution is -0.129. The standard InChI is InChI=1S/C13H17N3O3/c17-12-11(5-6-16(12)9-3-4-9)15-13(18)14-8-10-2-1-7-19-10/h1-2,7,9,11H,3-6,8H2,(H2,14,15,18).